The molecule has 2 nitrogen and oxygen atoms in total. The molecule has 82 valence electrons. The van der Waals surface area contributed by atoms with Gasteiger partial charge < -0.3 is 4.74 Å². The molecule has 0 N–H and O–H groups in total. The summed E-state index contributed by atoms with van der Waals surface area (Å²) in [5.41, 5.74) is 1.07. The molecule has 0 unspecified atom stereocenters. The predicted molar refractivity (Wildman–Crippen MR) is 61.9 cm³/mol. The Hall–Kier alpha value is -0.840. The molecule has 1 aromatic carbocycles. The van der Waals surface area contributed by atoms with Crippen LogP contribution in [0.3, 0.4) is 0 Å². The van der Waals surface area contributed by atoms with Crippen LogP contribution < -0.4 is 4.74 Å². The maximum Gasteiger partial charge on any atom is 0.184 e. The first-order chi connectivity index (χ1) is 7.65. The molecule has 16 heavy (non-hydrogen) atoms. The quantitative estimate of drug-likeness (QED) is 0.721. The van der Waals surface area contributed by atoms with Gasteiger partial charge in [-0.1, -0.05) is 23.2 Å². The van der Waals surface area contributed by atoms with Crippen molar-refractivity contribution in [2.24, 2.45) is 0 Å². The number of thiazole rings is 1. The number of halogens is 3. The van der Waals surface area contributed by atoms with Gasteiger partial charge in [0.15, 0.2) is 4.47 Å². The largest absolute Gasteiger partial charge is 0.486 e. The van der Waals surface area contributed by atoms with Crippen LogP contribution in [0.1, 0.15) is 5.69 Å². The lowest BCUT2D eigenvalue weighted by molar-refractivity contribution is 0.296. The van der Waals surface area contributed by atoms with E-state index in [4.69, 9.17) is 27.9 Å². The van der Waals surface area contributed by atoms with Crippen LogP contribution in [0.5, 0.6) is 5.75 Å². The van der Waals surface area contributed by atoms with Crippen LogP contribution in [-0.2, 0) is 6.61 Å². The Morgan fingerprint density at radius 3 is 3.00 bits per heavy atom. The summed E-state index contributed by atoms with van der Waals surface area (Å²) in [5, 5.41) is 0.315. The van der Waals surface area contributed by atoms with E-state index in [0.717, 1.165) is 4.88 Å². The smallest absolute Gasteiger partial charge is 0.184 e. The van der Waals surface area contributed by atoms with Crippen LogP contribution >= 0.6 is 34.5 Å². The summed E-state index contributed by atoms with van der Waals surface area (Å²) in [6.07, 6.45) is 0. The van der Waals surface area contributed by atoms with E-state index >= 15 is 0 Å². The van der Waals surface area contributed by atoms with Gasteiger partial charge in [-0.05, 0) is 12.1 Å². The summed E-state index contributed by atoms with van der Waals surface area (Å²) in [7, 11) is 0. The molecule has 0 radical (unpaired) electrons. The van der Waals surface area contributed by atoms with Gasteiger partial charge in [-0.15, -0.1) is 11.3 Å². The Kier molecular flexibility index (Phi) is 2.31. The Labute approximate surface area is 105 Å². The van der Waals surface area contributed by atoms with E-state index in [2.05, 4.69) is 4.98 Å². The highest BCUT2D eigenvalue weighted by Crippen LogP contribution is 2.44. The van der Waals surface area contributed by atoms with Crippen molar-refractivity contribution in [3.8, 4) is 16.2 Å². The zero-order chi connectivity index (χ0) is 11.3. The summed E-state index contributed by atoms with van der Waals surface area (Å²) in [6, 6.07) is 2.85. The molecule has 0 saturated heterocycles. The second-order valence-electron chi connectivity index (χ2n) is 3.29. The summed E-state index contributed by atoms with van der Waals surface area (Å²) >= 11 is 12.8. The zero-order valence-corrected chi connectivity index (χ0v) is 10.1. The van der Waals surface area contributed by atoms with Crippen LogP contribution in [-0.4, -0.2) is 4.98 Å². The van der Waals surface area contributed by atoms with Crippen LogP contribution in [0.25, 0.3) is 10.4 Å². The molecule has 0 saturated carbocycles. The van der Waals surface area contributed by atoms with Gasteiger partial charge in [0.05, 0.1) is 16.1 Å². The minimum atomic E-state index is -0.413. The van der Waals surface area contributed by atoms with Gasteiger partial charge in [0.1, 0.15) is 18.2 Å². The highest BCUT2D eigenvalue weighted by molar-refractivity contribution is 7.19. The third kappa shape index (κ3) is 1.49. The maximum atomic E-state index is 13.8. The van der Waals surface area contributed by atoms with Crippen LogP contribution in [0, 0.1) is 5.82 Å². The fourth-order valence-corrected chi connectivity index (χ4v) is 3.02. The molecule has 6 heteroatoms. The van der Waals surface area contributed by atoms with Gasteiger partial charge in [0.2, 0.25) is 0 Å². The lowest BCUT2D eigenvalue weighted by Gasteiger charge is -2.17. The lowest BCUT2D eigenvalue weighted by Crippen LogP contribution is -2.05. The SMILES string of the molecule is Fc1cc(Cl)cc2c1-c1sc(Cl)nc1CO2. The number of ether oxygens (including phenoxy) is 1. The van der Waals surface area contributed by atoms with E-state index in [1.165, 1.54) is 17.4 Å². The summed E-state index contributed by atoms with van der Waals surface area (Å²) in [6.45, 7) is 0.297. The molecule has 1 aliphatic rings. The van der Waals surface area contributed by atoms with Crippen molar-refractivity contribution in [3.63, 3.8) is 0 Å². The average Bonchev–Trinajstić information content (AvgIpc) is 2.56. The highest BCUT2D eigenvalue weighted by Gasteiger charge is 2.25. The summed E-state index contributed by atoms with van der Waals surface area (Å²) in [4.78, 5) is 4.80. The van der Waals surface area contributed by atoms with Crippen LogP contribution in [0.4, 0.5) is 4.39 Å². The molecule has 0 bridgehead atoms. The Bertz CT molecular complexity index is 584. The minimum Gasteiger partial charge on any atom is -0.486 e. The monoisotopic (exact) mass is 275 g/mol. The second-order valence-corrected chi connectivity index (χ2v) is 5.31. The normalized spacial score (nSPS) is 12.9. The summed E-state index contributed by atoms with van der Waals surface area (Å²) < 4.78 is 19.6. The minimum absolute atomic E-state index is 0.297. The molecule has 2 aromatic rings. The van der Waals surface area contributed by atoms with Gasteiger partial charge in [0, 0.05) is 5.02 Å². The molecule has 0 atom stereocenters. The van der Waals surface area contributed by atoms with E-state index in [1.54, 1.807) is 6.07 Å². The fourth-order valence-electron chi connectivity index (χ4n) is 1.65. The summed E-state index contributed by atoms with van der Waals surface area (Å²) in [5.74, 6) is 0.0292. The van der Waals surface area contributed by atoms with E-state index in [9.17, 15) is 4.39 Å². The Morgan fingerprint density at radius 1 is 1.38 bits per heavy atom. The zero-order valence-electron chi connectivity index (χ0n) is 7.76. The third-order valence-electron chi connectivity index (χ3n) is 2.28. The molecule has 0 fully saturated rings. The molecule has 0 amide bonds. The average molecular weight is 276 g/mol. The number of aromatic nitrogens is 1. The number of benzene rings is 1. The topological polar surface area (TPSA) is 22.1 Å². The molecule has 2 heterocycles. The van der Waals surface area contributed by atoms with E-state index in [1.807, 2.05) is 0 Å². The fraction of sp³-hybridized carbons (Fsp3) is 0.100. The Balaban J connectivity index is 2.31. The first-order valence-corrected chi connectivity index (χ1v) is 6.00. The molecular formula is C10H4Cl2FNOS. The van der Waals surface area contributed by atoms with Crippen molar-refractivity contribution < 1.29 is 9.13 Å². The molecule has 1 aliphatic heterocycles. The molecule has 0 spiro atoms. The van der Waals surface area contributed by atoms with Crippen LogP contribution in [0.2, 0.25) is 9.49 Å². The first kappa shape index (κ1) is 10.3. The van der Waals surface area contributed by atoms with E-state index in [-0.39, 0.29) is 0 Å². The number of hydrogen-bond acceptors (Lipinski definition) is 3. The van der Waals surface area contributed by atoms with Gasteiger partial charge in [-0.2, -0.15) is 0 Å². The number of rotatable bonds is 0. The van der Waals surface area contributed by atoms with Crippen molar-refractivity contribution in [3.05, 3.63) is 33.1 Å². The highest BCUT2D eigenvalue weighted by atomic mass is 35.5. The van der Waals surface area contributed by atoms with E-state index in [0.29, 0.717) is 33.1 Å². The number of fused-ring (bicyclic) bond motifs is 3. The van der Waals surface area contributed by atoms with E-state index < -0.39 is 5.82 Å². The predicted octanol–water partition coefficient (Wildman–Crippen LogP) is 4.15. The van der Waals surface area contributed by atoms with Crippen LogP contribution in [0.15, 0.2) is 12.1 Å². The standard InChI is InChI=1S/C10H4Cl2FNOS/c11-4-1-5(13)8-7(2-4)15-3-6-9(8)16-10(12)14-6/h1-2H,3H2. The van der Waals surface area contributed by atoms with Gasteiger partial charge in [-0.3, -0.25) is 0 Å². The lowest BCUT2D eigenvalue weighted by atomic mass is 10.1. The van der Waals surface area contributed by atoms with Crippen molar-refractivity contribution in [1.29, 1.82) is 0 Å². The third-order valence-corrected chi connectivity index (χ3v) is 3.72. The molecule has 0 aliphatic carbocycles. The van der Waals surface area contributed by atoms with Crippen molar-refractivity contribution >= 4 is 34.5 Å². The van der Waals surface area contributed by atoms with Crippen molar-refractivity contribution in [2.45, 2.75) is 6.61 Å². The maximum absolute atomic E-state index is 13.8. The number of hydrogen-bond donors (Lipinski definition) is 0. The van der Waals surface area contributed by atoms with Crippen molar-refractivity contribution in [1.82, 2.24) is 4.98 Å². The molecule has 3 rings (SSSR count). The second kappa shape index (κ2) is 3.58. The van der Waals surface area contributed by atoms with Gasteiger partial charge in [0.25, 0.3) is 0 Å². The van der Waals surface area contributed by atoms with Crippen molar-refractivity contribution in [2.75, 3.05) is 0 Å². The van der Waals surface area contributed by atoms with Gasteiger partial charge in [-0.25, -0.2) is 9.37 Å². The molecule has 1 aromatic heterocycles. The van der Waals surface area contributed by atoms with Gasteiger partial charge >= 0.3 is 0 Å². The molecular weight excluding hydrogens is 272 g/mol. The first-order valence-electron chi connectivity index (χ1n) is 4.42. The number of nitrogens with zero attached hydrogens (tertiary/aromatic N) is 1. The Morgan fingerprint density at radius 2 is 2.19 bits per heavy atom.